The van der Waals surface area contributed by atoms with Crippen LogP contribution in [0.15, 0.2) is 60.9 Å². The number of carbonyl (C=O) groups is 2. The summed E-state index contributed by atoms with van der Waals surface area (Å²) in [5.74, 6) is -0.870. The standard InChI is InChI=1S/C20H17N3O3/c24-19(23-15-7-8-15)18(13-4-2-1-3-5-13)26-20(25)14-6-9-16-17(12-14)22-11-10-21-16/h1-6,9-12,15,18H,7-8H2,(H,23,24)/t18-/m1/s1. The number of aromatic nitrogens is 2. The molecule has 0 spiro atoms. The van der Waals surface area contributed by atoms with Gasteiger partial charge in [-0.2, -0.15) is 0 Å². The van der Waals surface area contributed by atoms with Gasteiger partial charge in [0.1, 0.15) is 0 Å². The Kier molecular flexibility index (Phi) is 4.31. The predicted molar refractivity (Wildman–Crippen MR) is 95.3 cm³/mol. The highest BCUT2D eigenvalue weighted by molar-refractivity contribution is 5.95. The smallest absolute Gasteiger partial charge is 0.339 e. The lowest BCUT2D eigenvalue weighted by Gasteiger charge is -2.18. The zero-order chi connectivity index (χ0) is 17.9. The van der Waals surface area contributed by atoms with Crippen molar-refractivity contribution in [1.29, 1.82) is 0 Å². The van der Waals surface area contributed by atoms with Crippen molar-refractivity contribution >= 4 is 22.9 Å². The zero-order valence-corrected chi connectivity index (χ0v) is 14.0. The molecule has 0 bridgehead atoms. The SMILES string of the molecule is O=C(O[C@@H](C(=O)NC1CC1)c1ccccc1)c1ccc2nccnc2c1. The maximum absolute atomic E-state index is 12.6. The van der Waals surface area contributed by atoms with Crippen LogP contribution in [0.1, 0.15) is 34.9 Å². The normalized spacial score (nSPS) is 14.6. The molecule has 1 heterocycles. The molecule has 1 aliphatic carbocycles. The average Bonchev–Trinajstić information content (AvgIpc) is 3.50. The quantitative estimate of drug-likeness (QED) is 0.718. The topological polar surface area (TPSA) is 81.2 Å². The summed E-state index contributed by atoms with van der Waals surface area (Å²) >= 11 is 0. The number of hydrogen-bond acceptors (Lipinski definition) is 5. The Labute approximate surface area is 150 Å². The Morgan fingerprint density at radius 3 is 2.46 bits per heavy atom. The molecule has 1 aliphatic rings. The zero-order valence-electron chi connectivity index (χ0n) is 14.0. The number of carbonyl (C=O) groups excluding carboxylic acids is 2. The van der Waals surface area contributed by atoms with Crippen LogP contribution in [0.4, 0.5) is 0 Å². The van der Waals surface area contributed by atoms with Crippen molar-refractivity contribution in [3.05, 3.63) is 72.1 Å². The molecule has 130 valence electrons. The largest absolute Gasteiger partial charge is 0.444 e. The number of fused-ring (bicyclic) bond motifs is 1. The van der Waals surface area contributed by atoms with E-state index in [0.717, 1.165) is 12.8 Å². The maximum atomic E-state index is 12.6. The summed E-state index contributed by atoms with van der Waals surface area (Å²) in [7, 11) is 0. The minimum absolute atomic E-state index is 0.184. The molecule has 1 N–H and O–H groups in total. The van der Waals surface area contributed by atoms with Gasteiger partial charge in [0, 0.05) is 24.0 Å². The molecule has 1 aromatic heterocycles. The summed E-state index contributed by atoms with van der Waals surface area (Å²) in [4.78, 5) is 33.6. The number of rotatable bonds is 5. The average molecular weight is 347 g/mol. The highest BCUT2D eigenvalue weighted by Gasteiger charge is 2.31. The Bertz CT molecular complexity index is 955. The number of hydrogen-bond donors (Lipinski definition) is 1. The van der Waals surface area contributed by atoms with Crippen LogP contribution in [0.3, 0.4) is 0 Å². The molecule has 6 nitrogen and oxygen atoms in total. The Balaban J connectivity index is 1.59. The second-order valence-electron chi connectivity index (χ2n) is 6.24. The monoisotopic (exact) mass is 347 g/mol. The van der Waals surface area contributed by atoms with Crippen molar-refractivity contribution in [3.8, 4) is 0 Å². The first-order valence-corrected chi connectivity index (χ1v) is 8.48. The molecule has 3 aromatic rings. The second kappa shape index (κ2) is 6.92. The van der Waals surface area contributed by atoms with Gasteiger partial charge in [-0.25, -0.2) is 4.79 Å². The van der Waals surface area contributed by atoms with Crippen LogP contribution in [0.5, 0.6) is 0 Å². The number of nitrogens with zero attached hydrogens (tertiary/aromatic N) is 2. The second-order valence-corrected chi connectivity index (χ2v) is 6.24. The van der Waals surface area contributed by atoms with E-state index in [1.807, 2.05) is 18.2 Å². The van der Waals surface area contributed by atoms with E-state index in [1.165, 1.54) is 0 Å². The molecule has 0 unspecified atom stereocenters. The number of nitrogens with one attached hydrogen (secondary N) is 1. The number of ether oxygens (including phenoxy) is 1. The Morgan fingerprint density at radius 2 is 1.73 bits per heavy atom. The van der Waals surface area contributed by atoms with Crippen LogP contribution in [0, 0.1) is 0 Å². The number of esters is 1. The van der Waals surface area contributed by atoms with E-state index >= 15 is 0 Å². The third-order valence-corrected chi connectivity index (χ3v) is 4.19. The summed E-state index contributed by atoms with van der Waals surface area (Å²) in [6.07, 6.45) is 4.10. The summed E-state index contributed by atoms with van der Waals surface area (Å²) in [6, 6.07) is 14.2. The van der Waals surface area contributed by atoms with E-state index in [9.17, 15) is 9.59 Å². The van der Waals surface area contributed by atoms with Crippen LogP contribution in [0.25, 0.3) is 11.0 Å². The van der Waals surface area contributed by atoms with E-state index in [2.05, 4.69) is 15.3 Å². The molecule has 1 saturated carbocycles. The lowest BCUT2D eigenvalue weighted by Crippen LogP contribution is -2.33. The van der Waals surface area contributed by atoms with Crippen molar-refractivity contribution in [1.82, 2.24) is 15.3 Å². The van der Waals surface area contributed by atoms with Gasteiger partial charge < -0.3 is 10.1 Å². The van der Waals surface area contributed by atoms with Crippen molar-refractivity contribution in [2.75, 3.05) is 0 Å². The molecule has 1 fully saturated rings. The van der Waals surface area contributed by atoms with Crippen molar-refractivity contribution in [3.63, 3.8) is 0 Å². The Hall–Kier alpha value is -3.28. The molecule has 1 amide bonds. The fourth-order valence-corrected chi connectivity index (χ4v) is 2.67. The van der Waals surface area contributed by atoms with Gasteiger partial charge in [0.25, 0.3) is 5.91 Å². The maximum Gasteiger partial charge on any atom is 0.339 e. The first-order chi connectivity index (χ1) is 12.7. The summed E-state index contributed by atoms with van der Waals surface area (Å²) in [5, 5.41) is 2.90. The van der Waals surface area contributed by atoms with E-state index in [4.69, 9.17) is 4.74 Å². The van der Waals surface area contributed by atoms with Gasteiger partial charge in [-0.05, 0) is 31.0 Å². The Morgan fingerprint density at radius 1 is 1.00 bits per heavy atom. The lowest BCUT2D eigenvalue weighted by atomic mass is 10.1. The highest BCUT2D eigenvalue weighted by Crippen LogP contribution is 2.24. The minimum atomic E-state index is -0.984. The van der Waals surface area contributed by atoms with Crippen LogP contribution >= 0.6 is 0 Å². The molecule has 6 heteroatoms. The molecule has 0 aliphatic heterocycles. The van der Waals surface area contributed by atoms with Gasteiger partial charge in [-0.3, -0.25) is 14.8 Å². The fourth-order valence-electron chi connectivity index (χ4n) is 2.67. The third-order valence-electron chi connectivity index (χ3n) is 4.19. The van der Waals surface area contributed by atoms with E-state index in [1.54, 1.807) is 42.7 Å². The lowest BCUT2D eigenvalue weighted by molar-refractivity contribution is -0.130. The van der Waals surface area contributed by atoms with Crippen molar-refractivity contribution < 1.29 is 14.3 Å². The van der Waals surface area contributed by atoms with Gasteiger partial charge in [-0.15, -0.1) is 0 Å². The van der Waals surface area contributed by atoms with Crippen molar-refractivity contribution in [2.45, 2.75) is 25.0 Å². The molecule has 26 heavy (non-hydrogen) atoms. The molecular formula is C20H17N3O3. The number of benzene rings is 2. The van der Waals surface area contributed by atoms with E-state index in [-0.39, 0.29) is 11.9 Å². The van der Waals surface area contributed by atoms with Crippen LogP contribution in [0.2, 0.25) is 0 Å². The van der Waals surface area contributed by atoms with E-state index < -0.39 is 12.1 Å². The summed E-state index contributed by atoms with van der Waals surface area (Å²) < 4.78 is 5.56. The number of amides is 1. The van der Waals surface area contributed by atoms with E-state index in [0.29, 0.717) is 22.2 Å². The van der Waals surface area contributed by atoms with Gasteiger partial charge in [0.15, 0.2) is 0 Å². The third kappa shape index (κ3) is 3.54. The molecule has 2 aromatic carbocycles. The van der Waals surface area contributed by atoms with Crippen molar-refractivity contribution in [2.24, 2.45) is 0 Å². The van der Waals surface area contributed by atoms with Crippen LogP contribution < -0.4 is 5.32 Å². The first-order valence-electron chi connectivity index (χ1n) is 8.48. The van der Waals surface area contributed by atoms with Crippen LogP contribution in [-0.2, 0) is 9.53 Å². The summed E-state index contributed by atoms with van der Waals surface area (Å²) in [6.45, 7) is 0. The first kappa shape index (κ1) is 16.2. The van der Waals surface area contributed by atoms with Gasteiger partial charge in [-0.1, -0.05) is 30.3 Å². The van der Waals surface area contributed by atoms with Gasteiger partial charge in [0.2, 0.25) is 6.10 Å². The highest BCUT2D eigenvalue weighted by atomic mass is 16.5. The minimum Gasteiger partial charge on any atom is -0.444 e. The predicted octanol–water partition coefficient (Wildman–Crippen LogP) is 2.81. The molecule has 1 atom stereocenters. The van der Waals surface area contributed by atoms with Crippen LogP contribution in [-0.4, -0.2) is 27.9 Å². The summed E-state index contributed by atoms with van der Waals surface area (Å²) in [5.41, 5.74) is 2.26. The van der Waals surface area contributed by atoms with Gasteiger partial charge in [0.05, 0.1) is 16.6 Å². The fraction of sp³-hybridized carbons (Fsp3) is 0.200. The molecule has 0 saturated heterocycles. The molecular weight excluding hydrogens is 330 g/mol. The molecule has 4 rings (SSSR count). The van der Waals surface area contributed by atoms with Gasteiger partial charge >= 0.3 is 5.97 Å². The molecule has 0 radical (unpaired) electrons.